The molecule has 0 fully saturated rings. The van der Waals surface area contributed by atoms with Crippen LogP contribution in [0.1, 0.15) is 239 Å². The van der Waals surface area contributed by atoms with Crippen LogP contribution in [0.3, 0.4) is 0 Å². The Morgan fingerprint density at radius 2 is 0.643 bits per heavy atom. The third kappa shape index (κ3) is 13.1. The number of Topliss-reactive ketones (excluding diaryl/α,β-unsaturated/α-hetero) is 2. The van der Waals surface area contributed by atoms with Gasteiger partial charge in [0, 0.05) is 73.5 Å². The van der Waals surface area contributed by atoms with Crippen LogP contribution < -0.4 is 0 Å². The zero-order valence-corrected chi connectivity index (χ0v) is 69.3. The average Bonchev–Trinajstić information content (AvgIpc) is 1.48. The second-order valence-corrected chi connectivity index (χ2v) is 36.1. The Morgan fingerprint density at radius 1 is 0.348 bits per heavy atom. The fourth-order valence-electron chi connectivity index (χ4n) is 18.1. The number of halogens is 4. The Balaban J connectivity index is 0.976. The second-order valence-electron chi connectivity index (χ2n) is 30.2. The number of hydrogen-bond donors (Lipinski definition) is 0. The summed E-state index contributed by atoms with van der Waals surface area (Å²) >= 11 is 33.4. The maximum absolute atomic E-state index is 14.8. The number of carbonyl (C=O) groups is 2. The van der Waals surface area contributed by atoms with Crippen molar-refractivity contribution in [2.75, 3.05) is 0 Å². The number of nitriles is 4. The van der Waals surface area contributed by atoms with Gasteiger partial charge in [-0.15, -0.1) is 45.3 Å². The quantitative estimate of drug-likeness (QED) is 0.0302. The number of nitrogens with zero attached hydrogens (tertiary/aromatic N) is 4. The molecule has 0 bridgehead atoms. The highest BCUT2D eigenvalue weighted by Crippen LogP contribution is 2.68. The summed E-state index contributed by atoms with van der Waals surface area (Å²) in [5.41, 5.74) is 17.0. The van der Waals surface area contributed by atoms with Gasteiger partial charge in [-0.3, -0.25) is 9.59 Å². The first-order valence-electron chi connectivity index (χ1n) is 39.4. The molecule has 14 heteroatoms. The van der Waals surface area contributed by atoms with Gasteiger partial charge in [-0.2, -0.15) is 21.0 Å². The third-order valence-corrected chi connectivity index (χ3v) is 29.7. The molecule has 4 aromatic heterocycles. The molecule has 0 aliphatic heterocycles. The van der Waals surface area contributed by atoms with E-state index in [1.165, 1.54) is 106 Å². The summed E-state index contributed by atoms with van der Waals surface area (Å²) < 4.78 is 4.30. The standard InChI is InChI=1S/C98H80Cl4N4O2S4/c1-5-9-13-17-21-57-25-33-63(34-26-57)97(64-35-27-58(28-36-64)22-18-14-10-6-2)87-69-41-44-72-88(70(69)42-43-71(87)93-89(97)95-83(111-93)47-67(109-95)45-77-85(61(53-103)54-104)73-49-79(99)81(101)51-75(73)91(77)107)98(65-37-29-59(30-38-65)23-19-15-11-7-3,66-39-31-60(32-40-66)24-20-16-12-8-4)90-94(72)112-84-48-68(110-96(84)90)46-78-86(62(55-105)56-106)74-50-80(100)82(102)52-76(74)92(78)108/h25-52H,5-24H2,1-4H3/b77-45-,78-46-. The van der Waals surface area contributed by atoms with E-state index in [1.807, 2.05) is 12.2 Å². The van der Waals surface area contributed by atoms with E-state index < -0.39 is 10.8 Å². The predicted molar refractivity (Wildman–Crippen MR) is 470 cm³/mol. The van der Waals surface area contributed by atoms with E-state index in [-0.39, 0.29) is 65.1 Å². The number of ketones is 2. The van der Waals surface area contributed by atoms with Crippen molar-refractivity contribution in [2.45, 2.75) is 167 Å². The van der Waals surface area contributed by atoms with Crippen LogP contribution in [-0.4, -0.2) is 11.6 Å². The minimum absolute atomic E-state index is 0.182. The van der Waals surface area contributed by atoms with Gasteiger partial charge in [0.2, 0.25) is 0 Å². The first-order chi connectivity index (χ1) is 54.7. The van der Waals surface area contributed by atoms with Crippen molar-refractivity contribution in [3.8, 4) is 45.2 Å². The molecule has 4 aliphatic carbocycles. The van der Waals surface area contributed by atoms with Gasteiger partial charge in [-0.1, -0.05) is 272 Å². The molecule has 0 saturated carbocycles. The third-order valence-electron chi connectivity index (χ3n) is 23.5. The van der Waals surface area contributed by atoms with Crippen molar-refractivity contribution < 1.29 is 9.59 Å². The number of unbranched alkanes of at least 4 members (excludes halogenated alkanes) is 12. The van der Waals surface area contributed by atoms with E-state index >= 15 is 0 Å². The number of allylic oxidation sites excluding steroid dienone is 6. The highest BCUT2D eigenvalue weighted by molar-refractivity contribution is 7.31. The van der Waals surface area contributed by atoms with Gasteiger partial charge < -0.3 is 0 Å². The van der Waals surface area contributed by atoms with Gasteiger partial charge in [0.15, 0.2) is 11.6 Å². The van der Waals surface area contributed by atoms with E-state index in [1.54, 1.807) is 69.6 Å². The molecule has 0 spiro atoms. The number of benzene rings is 8. The smallest absolute Gasteiger partial charge is 0.194 e. The summed E-state index contributed by atoms with van der Waals surface area (Å²) in [6, 6.07) is 66.9. The molecule has 0 atom stereocenters. The average molecular weight is 1620 g/mol. The van der Waals surface area contributed by atoms with Gasteiger partial charge in [0.05, 0.1) is 40.3 Å². The molecule has 4 aliphatic rings. The molecule has 112 heavy (non-hydrogen) atoms. The van der Waals surface area contributed by atoms with Crippen LogP contribution in [0.5, 0.6) is 0 Å². The van der Waals surface area contributed by atoms with Crippen molar-refractivity contribution in [1.29, 1.82) is 21.0 Å². The largest absolute Gasteiger partial charge is 0.289 e. The molecule has 0 unspecified atom stereocenters. The summed E-state index contributed by atoms with van der Waals surface area (Å²) in [4.78, 5) is 33.7. The van der Waals surface area contributed by atoms with Crippen LogP contribution in [0.25, 0.3) is 73.8 Å². The maximum Gasteiger partial charge on any atom is 0.194 e. The lowest BCUT2D eigenvalue weighted by Crippen LogP contribution is -2.30. The molecular formula is C98H80Cl4N4O2S4. The fourth-order valence-corrected chi connectivity index (χ4v) is 24.2. The Hall–Kier alpha value is -9.24. The number of rotatable bonds is 26. The lowest BCUT2D eigenvalue weighted by Gasteiger charge is -2.37. The predicted octanol–water partition coefficient (Wildman–Crippen LogP) is 29.4. The SMILES string of the molecule is CCCCCCc1ccc(C2(c3ccc(CCCCCC)cc3)c3c(ccc4c5c(ccc34)-c3sc4cc(/C=C6\C(=O)c7cc(Cl)c(Cl)cc7C6=C(C#N)C#N)sc4c3C5(c3ccc(CCCCCC)cc3)c3ccc(CCCCCC)cc3)-c3sc4cc(/C=C5\C(=O)c6cc(Cl)c(Cl)cc6C5=C(C#N)C#N)sc4c32)cc1. The van der Waals surface area contributed by atoms with E-state index in [0.717, 1.165) is 150 Å². The van der Waals surface area contributed by atoms with Crippen LogP contribution >= 0.6 is 91.8 Å². The van der Waals surface area contributed by atoms with Gasteiger partial charge in [-0.25, -0.2) is 0 Å². The molecule has 12 aromatic rings. The monoisotopic (exact) mass is 1610 g/mol. The number of aryl methyl sites for hydroxylation is 4. The van der Waals surface area contributed by atoms with Crippen molar-refractivity contribution in [1.82, 2.24) is 0 Å². The van der Waals surface area contributed by atoms with Crippen LogP contribution in [-0.2, 0) is 36.5 Å². The summed E-state index contributed by atoms with van der Waals surface area (Å²) in [6.45, 7) is 9.04. The van der Waals surface area contributed by atoms with Crippen LogP contribution in [0.4, 0.5) is 0 Å². The number of carbonyl (C=O) groups excluding carboxylic acids is 2. The summed E-state index contributed by atoms with van der Waals surface area (Å²) in [5, 5.41) is 45.3. The normalized spacial score (nSPS) is 14.8. The summed E-state index contributed by atoms with van der Waals surface area (Å²) in [5.74, 6) is -0.665. The molecule has 556 valence electrons. The molecule has 0 amide bonds. The summed E-state index contributed by atoms with van der Waals surface area (Å²) in [6.07, 6.45) is 26.1. The maximum atomic E-state index is 14.8. The second kappa shape index (κ2) is 32.3. The van der Waals surface area contributed by atoms with Crippen molar-refractivity contribution in [2.24, 2.45) is 0 Å². The Bertz CT molecular complexity index is 5630. The van der Waals surface area contributed by atoms with Gasteiger partial charge in [0.1, 0.15) is 35.4 Å². The minimum Gasteiger partial charge on any atom is -0.289 e. The van der Waals surface area contributed by atoms with Crippen LogP contribution in [0, 0.1) is 45.3 Å². The Labute approximate surface area is 691 Å². The number of fused-ring (bicyclic) bond motifs is 15. The first kappa shape index (κ1) is 76.7. The molecule has 0 radical (unpaired) electrons. The first-order valence-corrected chi connectivity index (χ1v) is 44.2. The Morgan fingerprint density at radius 3 is 0.929 bits per heavy atom. The van der Waals surface area contributed by atoms with E-state index in [9.17, 15) is 30.6 Å². The van der Waals surface area contributed by atoms with Gasteiger partial charge >= 0.3 is 0 Å². The van der Waals surface area contributed by atoms with Crippen LogP contribution in [0.15, 0.2) is 180 Å². The Kier molecular flexibility index (Phi) is 22.2. The highest BCUT2D eigenvalue weighted by atomic mass is 35.5. The summed E-state index contributed by atoms with van der Waals surface area (Å²) in [7, 11) is 0. The zero-order valence-electron chi connectivity index (χ0n) is 63.1. The van der Waals surface area contributed by atoms with Crippen LogP contribution in [0.2, 0.25) is 20.1 Å². The molecule has 6 nitrogen and oxygen atoms in total. The van der Waals surface area contributed by atoms with Gasteiger partial charge in [0.25, 0.3) is 0 Å². The topological polar surface area (TPSA) is 129 Å². The molecule has 8 aromatic carbocycles. The van der Waals surface area contributed by atoms with Gasteiger partial charge in [-0.05, 0) is 189 Å². The fraction of sp³-hybridized carbons (Fsp3) is 0.265. The zero-order chi connectivity index (χ0) is 77.7. The number of hydrogen-bond acceptors (Lipinski definition) is 10. The van der Waals surface area contributed by atoms with E-state index in [2.05, 4.69) is 185 Å². The lowest BCUT2D eigenvalue weighted by molar-refractivity contribution is 0.103. The number of thiophene rings is 4. The highest BCUT2D eigenvalue weighted by Gasteiger charge is 2.54. The van der Waals surface area contributed by atoms with Crippen molar-refractivity contribution in [3.05, 3.63) is 299 Å². The lowest BCUT2D eigenvalue weighted by atomic mass is 9.64. The molecular weight excluding hydrogens is 1540 g/mol. The molecule has 16 rings (SSSR count). The minimum atomic E-state index is -0.924. The van der Waals surface area contributed by atoms with Crippen molar-refractivity contribution >= 4 is 156 Å². The molecule has 4 heterocycles. The molecule has 0 N–H and O–H groups in total. The van der Waals surface area contributed by atoms with E-state index in [4.69, 9.17) is 46.4 Å². The van der Waals surface area contributed by atoms with Crippen molar-refractivity contribution in [3.63, 3.8) is 0 Å². The van der Waals surface area contributed by atoms with E-state index in [0.29, 0.717) is 22.3 Å². The molecule has 0 saturated heterocycles.